The first kappa shape index (κ1) is 22.7. The van der Waals surface area contributed by atoms with Crippen LogP contribution in [0.1, 0.15) is 50.1 Å². The van der Waals surface area contributed by atoms with E-state index in [1.54, 1.807) is 17.7 Å². The minimum Gasteiger partial charge on any atom is -0.357 e. The Morgan fingerprint density at radius 3 is 2.73 bits per heavy atom. The van der Waals surface area contributed by atoms with Crippen molar-refractivity contribution < 1.29 is 0 Å². The number of guanidine groups is 1. The lowest BCUT2D eigenvalue weighted by atomic mass is 9.97. The predicted octanol–water partition coefficient (Wildman–Crippen LogP) is 2.33. The molecule has 0 amide bonds. The highest BCUT2D eigenvalue weighted by Crippen LogP contribution is 2.20. The predicted molar refractivity (Wildman–Crippen MR) is 123 cm³/mol. The van der Waals surface area contributed by atoms with Crippen molar-refractivity contribution in [2.75, 3.05) is 32.7 Å². The van der Waals surface area contributed by atoms with Gasteiger partial charge >= 0.3 is 0 Å². The van der Waals surface area contributed by atoms with Crippen LogP contribution in [0.25, 0.3) is 0 Å². The van der Waals surface area contributed by atoms with Crippen LogP contribution in [0.4, 0.5) is 0 Å². The van der Waals surface area contributed by atoms with Crippen molar-refractivity contribution in [3.05, 3.63) is 28.2 Å². The van der Waals surface area contributed by atoms with Gasteiger partial charge in [0.2, 0.25) is 0 Å². The molecule has 30 heavy (non-hydrogen) atoms. The Labute approximate surface area is 184 Å². The normalized spacial score (nSPS) is 16.2. The molecular formula is C21H36N8S. The summed E-state index contributed by atoms with van der Waals surface area (Å²) in [5, 5.41) is 18.4. The number of aromatic nitrogens is 4. The van der Waals surface area contributed by atoms with Crippen LogP contribution in [0.3, 0.4) is 0 Å². The Balaban J connectivity index is 1.40. The number of hydrogen-bond donors (Lipinski definition) is 2. The third-order valence-corrected chi connectivity index (χ3v) is 6.55. The molecule has 0 aromatic carbocycles. The number of likely N-dealkylation sites (tertiary alicyclic amines) is 1. The standard InChI is InChI=1S/C21H36N8S/c1-4-19-27-25-16-29(19)12-9-23-21(22-6-3)24-13-17-7-10-28(11-8-17)14-18-15-30-20(5-2)26-18/h15-17H,4-14H2,1-3H3,(H2,22,23,24). The van der Waals surface area contributed by atoms with Crippen LogP contribution in [-0.4, -0.2) is 63.3 Å². The molecule has 1 fully saturated rings. The van der Waals surface area contributed by atoms with Crippen LogP contribution >= 0.6 is 11.3 Å². The lowest BCUT2D eigenvalue weighted by molar-refractivity contribution is 0.179. The molecule has 0 unspecified atom stereocenters. The molecule has 0 spiro atoms. The lowest BCUT2D eigenvalue weighted by Crippen LogP contribution is -2.40. The summed E-state index contributed by atoms with van der Waals surface area (Å²) in [5.41, 5.74) is 1.23. The fourth-order valence-corrected chi connectivity index (χ4v) is 4.47. The zero-order chi connectivity index (χ0) is 21.2. The maximum absolute atomic E-state index is 4.85. The van der Waals surface area contributed by atoms with Crippen LogP contribution in [0, 0.1) is 5.92 Å². The molecule has 166 valence electrons. The van der Waals surface area contributed by atoms with Crippen molar-refractivity contribution in [3.63, 3.8) is 0 Å². The molecule has 1 aliphatic heterocycles. The fourth-order valence-electron chi connectivity index (χ4n) is 3.74. The van der Waals surface area contributed by atoms with Crippen LogP contribution in [0.2, 0.25) is 0 Å². The number of aliphatic imine (C=N–C) groups is 1. The van der Waals surface area contributed by atoms with Gasteiger partial charge in [-0.1, -0.05) is 13.8 Å². The van der Waals surface area contributed by atoms with Gasteiger partial charge in [-0.25, -0.2) is 4.98 Å². The second-order valence-electron chi connectivity index (χ2n) is 7.75. The SMILES string of the molecule is CCNC(=NCC1CCN(Cc2csc(CC)n2)CC1)NCCn1cnnc1CC. The third kappa shape index (κ3) is 6.77. The van der Waals surface area contributed by atoms with Gasteiger partial charge in [-0.3, -0.25) is 9.89 Å². The van der Waals surface area contributed by atoms with Gasteiger partial charge < -0.3 is 15.2 Å². The maximum atomic E-state index is 4.85. The van der Waals surface area contributed by atoms with Gasteiger partial charge in [0, 0.05) is 44.5 Å². The first-order chi connectivity index (χ1) is 14.7. The van der Waals surface area contributed by atoms with E-state index in [0.29, 0.717) is 5.92 Å². The van der Waals surface area contributed by atoms with E-state index in [0.717, 1.165) is 70.4 Å². The molecule has 0 radical (unpaired) electrons. The van der Waals surface area contributed by atoms with E-state index < -0.39 is 0 Å². The molecule has 2 aromatic rings. The molecule has 0 aliphatic carbocycles. The average Bonchev–Trinajstić information content (AvgIpc) is 3.42. The minimum absolute atomic E-state index is 0.655. The summed E-state index contributed by atoms with van der Waals surface area (Å²) in [5.74, 6) is 2.58. The highest BCUT2D eigenvalue weighted by Gasteiger charge is 2.20. The summed E-state index contributed by atoms with van der Waals surface area (Å²) >= 11 is 1.78. The van der Waals surface area contributed by atoms with Gasteiger partial charge in [-0.05, 0) is 45.2 Å². The Bertz CT molecular complexity index is 776. The summed E-state index contributed by atoms with van der Waals surface area (Å²) < 4.78 is 2.10. The molecule has 3 heterocycles. The van der Waals surface area contributed by atoms with Crippen molar-refractivity contribution >= 4 is 17.3 Å². The number of rotatable bonds is 10. The van der Waals surface area contributed by atoms with Gasteiger partial charge in [0.15, 0.2) is 5.96 Å². The molecule has 1 saturated heterocycles. The summed E-state index contributed by atoms with van der Waals surface area (Å²) in [6.07, 6.45) is 6.14. The number of nitrogens with one attached hydrogen (secondary N) is 2. The number of aryl methyl sites for hydroxylation is 2. The molecule has 0 atom stereocenters. The Kier molecular flexibility index (Phi) is 9.07. The number of piperidine rings is 1. The molecule has 2 N–H and O–H groups in total. The largest absolute Gasteiger partial charge is 0.357 e. The van der Waals surface area contributed by atoms with Gasteiger partial charge in [-0.15, -0.1) is 21.5 Å². The Hall–Kier alpha value is -2.00. The second-order valence-corrected chi connectivity index (χ2v) is 8.69. The fraction of sp³-hybridized carbons (Fsp3) is 0.714. The van der Waals surface area contributed by atoms with Crippen LogP contribution < -0.4 is 10.6 Å². The van der Waals surface area contributed by atoms with E-state index in [2.05, 4.69) is 56.4 Å². The highest BCUT2D eigenvalue weighted by molar-refractivity contribution is 7.09. The van der Waals surface area contributed by atoms with Crippen LogP contribution in [-0.2, 0) is 25.9 Å². The quantitative estimate of drug-likeness (QED) is 0.443. The number of hydrogen-bond acceptors (Lipinski definition) is 6. The van der Waals surface area contributed by atoms with Gasteiger partial charge in [0.05, 0.1) is 10.7 Å². The highest BCUT2D eigenvalue weighted by atomic mass is 32.1. The molecule has 1 aliphatic rings. The first-order valence-corrected chi connectivity index (χ1v) is 12.1. The van der Waals surface area contributed by atoms with Crippen molar-refractivity contribution in [2.24, 2.45) is 10.9 Å². The monoisotopic (exact) mass is 432 g/mol. The first-order valence-electron chi connectivity index (χ1n) is 11.3. The van der Waals surface area contributed by atoms with E-state index >= 15 is 0 Å². The smallest absolute Gasteiger partial charge is 0.191 e. The molecular weight excluding hydrogens is 396 g/mol. The Morgan fingerprint density at radius 1 is 1.20 bits per heavy atom. The van der Waals surface area contributed by atoms with E-state index in [4.69, 9.17) is 9.98 Å². The van der Waals surface area contributed by atoms with E-state index in [-0.39, 0.29) is 0 Å². The van der Waals surface area contributed by atoms with Crippen molar-refractivity contribution in [3.8, 4) is 0 Å². The maximum Gasteiger partial charge on any atom is 0.191 e. The van der Waals surface area contributed by atoms with Crippen LogP contribution in [0.15, 0.2) is 16.7 Å². The van der Waals surface area contributed by atoms with Crippen LogP contribution in [0.5, 0.6) is 0 Å². The van der Waals surface area contributed by atoms with E-state index in [9.17, 15) is 0 Å². The summed E-state index contributed by atoms with van der Waals surface area (Å²) in [7, 11) is 0. The zero-order valence-electron chi connectivity index (χ0n) is 18.6. The Morgan fingerprint density at radius 2 is 2.03 bits per heavy atom. The summed E-state index contributed by atoms with van der Waals surface area (Å²) in [6.45, 7) is 13.0. The zero-order valence-corrected chi connectivity index (χ0v) is 19.4. The lowest BCUT2D eigenvalue weighted by Gasteiger charge is -2.30. The summed E-state index contributed by atoms with van der Waals surface area (Å²) in [6, 6.07) is 0. The van der Waals surface area contributed by atoms with Gasteiger partial charge in [-0.2, -0.15) is 0 Å². The molecule has 2 aromatic heterocycles. The second kappa shape index (κ2) is 12.0. The van der Waals surface area contributed by atoms with Crippen molar-refractivity contribution in [1.82, 2.24) is 35.3 Å². The minimum atomic E-state index is 0.655. The third-order valence-electron chi connectivity index (χ3n) is 5.50. The molecule has 3 rings (SSSR count). The van der Waals surface area contributed by atoms with Gasteiger partial charge in [0.25, 0.3) is 0 Å². The van der Waals surface area contributed by atoms with Crippen molar-refractivity contribution in [1.29, 1.82) is 0 Å². The topological polar surface area (TPSA) is 83.3 Å². The molecule has 9 heteroatoms. The van der Waals surface area contributed by atoms with E-state index in [1.165, 1.54) is 23.5 Å². The van der Waals surface area contributed by atoms with E-state index in [1.807, 2.05) is 0 Å². The molecule has 0 bridgehead atoms. The molecule has 8 nitrogen and oxygen atoms in total. The number of nitrogens with zero attached hydrogens (tertiary/aromatic N) is 6. The van der Waals surface area contributed by atoms with Gasteiger partial charge in [0.1, 0.15) is 12.2 Å². The molecule has 0 saturated carbocycles. The summed E-state index contributed by atoms with van der Waals surface area (Å²) in [4.78, 5) is 12.1. The van der Waals surface area contributed by atoms with Crippen molar-refractivity contribution in [2.45, 2.75) is 59.5 Å². The number of thiazole rings is 1. The average molecular weight is 433 g/mol.